The van der Waals surface area contributed by atoms with E-state index in [9.17, 15) is 13.2 Å². The summed E-state index contributed by atoms with van der Waals surface area (Å²) in [5, 5.41) is 3.15. The zero-order chi connectivity index (χ0) is 22.7. The van der Waals surface area contributed by atoms with Crippen LogP contribution in [0.25, 0.3) is 11.1 Å². The van der Waals surface area contributed by atoms with Gasteiger partial charge in [0.15, 0.2) is 6.10 Å². The Morgan fingerprint density at radius 1 is 1.12 bits per heavy atom. The summed E-state index contributed by atoms with van der Waals surface area (Å²) < 4.78 is 49.4. The number of aromatic nitrogens is 3. The highest BCUT2D eigenvalue weighted by Gasteiger charge is 2.43. The number of hydrogen-bond acceptors (Lipinski definition) is 7. The number of ether oxygens (including phenoxy) is 2. The molecule has 1 saturated heterocycles. The Labute approximate surface area is 183 Å². The average Bonchev–Trinajstić information content (AvgIpc) is 2.79. The number of rotatable bonds is 5. The van der Waals surface area contributed by atoms with E-state index in [1.54, 1.807) is 12.3 Å². The van der Waals surface area contributed by atoms with Crippen molar-refractivity contribution in [1.29, 1.82) is 0 Å². The van der Waals surface area contributed by atoms with Crippen LogP contribution in [0.4, 0.5) is 30.6 Å². The highest BCUT2D eigenvalue weighted by atomic mass is 19.4. The van der Waals surface area contributed by atoms with E-state index >= 15 is 0 Å². The number of benzene rings is 1. The molecule has 0 spiro atoms. The standard InChI is InChI=1S/C22H22F3N5O2/c1-14-3-5-15(6-4-14)16-11-17(20(31-2)27-12-16)28-19-7-8-26-21(29-19)30-9-10-32-18(13-30)22(23,24)25/h3-8,11-12,18H,9-10,13H2,1-2H3,(H,26,28,29). The minimum absolute atomic E-state index is 0.0540. The van der Waals surface area contributed by atoms with Crippen LogP contribution in [0.15, 0.2) is 48.8 Å². The fourth-order valence-corrected chi connectivity index (χ4v) is 3.35. The molecule has 1 unspecified atom stereocenters. The molecular weight excluding hydrogens is 423 g/mol. The maximum Gasteiger partial charge on any atom is 0.416 e. The summed E-state index contributed by atoms with van der Waals surface area (Å²) in [6.45, 7) is 1.87. The number of anilines is 3. The molecule has 1 aliphatic heterocycles. The van der Waals surface area contributed by atoms with Gasteiger partial charge in [-0.15, -0.1) is 0 Å². The molecule has 3 heterocycles. The SMILES string of the molecule is COc1ncc(-c2ccc(C)cc2)cc1Nc1ccnc(N2CCOC(C(F)(F)F)C2)n1. The van der Waals surface area contributed by atoms with Gasteiger partial charge < -0.3 is 19.7 Å². The second kappa shape index (κ2) is 8.99. The molecule has 1 fully saturated rings. The van der Waals surface area contributed by atoms with Gasteiger partial charge in [0.1, 0.15) is 11.5 Å². The Morgan fingerprint density at radius 3 is 2.62 bits per heavy atom. The maximum atomic E-state index is 13.1. The molecule has 0 bridgehead atoms. The van der Waals surface area contributed by atoms with Gasteiger partial charge in [0, 0.05) is 24.5 Å². The lowest BCUT2D eigenvalue weighted by atomic mass is 10.1. The largest absolute Gasteiger partial charge is 0.480 e. The average molecular weight is 445 g/mol. The zero-order valence-electron chi connectivity index (χ0n) is 17.6. The minimum atomic E-state index is -4.44. The lowest BCUT2D eigenvalue weighted by Crippen LogP contribution is -2.49. The molecule has 1 atom stereocenters. The summed E-state index contributed by atoms with van der Waals surface area (Å²) in [5.74, 6) is 0.963. The smallest absolute Gasteiger partial charge is 0.416 e. The van der Waals surface area contributed by atoms with Crippen LogP contribution in [0.1, 0.15) is 5.56 Å². The van der Waals surface area contributed by atoms with E-state index in [0.29, 0.717) is 17.4 Å². The Hall–Kier alpha value is -3.40. The lowest BCUT2D eigenvalue weighted by molar-refractivity contribution is -0.221. The molecule has 168 valence electrons. The number of nitrogens with one attached hydrogen (secondary N) is 1. The zero-order valence-corrected chi connectivity index (χ0v) is 17.6. The van der Waals surface area contributed by atoms with Crippen molar-refractivity contribution in [2.75, 3.05) is 37.0 Å². The van der Waals surface area contributed by atoms with Gasteiger partial charge in [0.2, 0.25) is 11.8 Å². The molecule has 0 amide bonds. The van der Waals surface area contributed by atoms with E-state index in [2.05, 4.69) is 20.3 Å². The van der Waals surface area contributed by atoms with Crippen LogP contribution < -0.4 is 15.0 Å². The third kappa shape index (κ3) is 4.91. The topological polar surface area (TPSA) is 72.4 Å². The van der Waals surface area contributed by atoms with Gasteiger partial charge in [-0.05, 0) is 24.6 Å². The van der Waals surface area contributed by atoms with Crippen LogP contribution in [0.2, 0.25) is 0 Å². The van der Waals surface area contributed by atoms with Crippen LogP contribution in [0, 0.1) is 6.92 Å². The van der Waals surface area contributed by atoms with Gasteiger partial charge >= 0.3 is 6.18 Å². The third-order valence-electron chi connectivity index (χ3n) is 5.05. The highest BCUT2D eigenvalue weighted by molar-refractivity contribution is 5.72. The lowest BCUT2D eigenvalue weighted by Gasteiger charge is -2.33. The van der Waals surface area contributed by atoms with E-state index in [1.807, 2.05) is 37.3 Å². The highest BCUT2D eigenvalue weighted by Crippen LogP contribution is 2.31. The van der Waals surface area contributed by atoms with E-state index in [0.717, 1.165) is 16.7 Å². The summed E-state index contributed by atoms with van der Waals surface area (Å²) in [4.78, 5) is 14.4. The molecule has 32 heavy (non-hydrogen) atoms. The maximum absolute atomic E-state index is 13.1. The fraction of sp³-hybridized carbons (Fsp3) is 0.318. The summed E-state index contributed by atoms with van der Waals surface area (Å²) in [5.41, 5.74) is 3.59. The number of nitrogens with zero attached hydrogens (tertiary/aromatic N) is 4. The van der Waals surface area contributed by atoms with E-state index in [4.69, 9.17) is 9.47 Å². The van der Waals surface area contributed by atoms with Gasteiger partial charge in [0.05, 0.1) is 20.3 Å². The molecule has 0 aliphatic carbocycles. The molecule has 10 heteroatoms. The number of methoxy groups -OCH3 is 1. The van der Waals surface area contributed by atoms with Gasteiger partial charge in [-0.2, -0.15) is 18.2 Å². The van der Waals surface area contributed by atoms with Crippen molar-refractivity contribution >= 4 is 17.5 Å². The van der Waals surface area contributed by atoms with Crippen LogP contribution in [-0.2, 0) is 4.74 Å². The van der Waals surface area contributed by atoms with Gasteiger partial charge in [-0.25, -0.2) is 9.97 Å². The number of hydrogen-bond donors (Lipinski definition) is 1. The molecule has 3 aromatic rings. The van der Waals surface area contributed by atoms with E-state index < -0.39 is 12.3 Å². The van der Waals surface area contributed by atoms with Crippen molar-refractivity contribution in [2.45, 2.75) is 19.2 Å². The number of morpholine rings is 1. The van der Waals surface area contributed by atoms with Crippen molar-refractivity contribution in [3.63, 3.8) is 0 Å². The van der Waals surface area contributed by atoms with Crippen LogP contribution >= 0.6 is 0 Å². The number of aryl methyl sites for hydroxylation is 1. The quantitative estimate of drug-likeness (QED) is 0.625. The normalized spacial score (nSPS) is 16.7. The Balaban J connectivity index is 1.58. The third-order valence-corrected chi connectivity index (χ3v) is 5.05. The van der Waals surface area contributed by atoms with Crippen molar-refractivity contribution < 1.29 is 22.6 Å². The van der Waals surface area contributed by atoms with E-state index in [1.165, 1.54) is 18.2 Å². The molecular formula is C22H22F3N5O2. The number of alkyl halides is 3. The summed E-state index contributed by atoms with van der Waals surface area (Å²) in [6.07, 6.45) is -3.10. The summed E-state index contributed by atoms with van der Waals surface area (Å²) >= 11 is 0. The van der Waals surface area contributed by atoms with E-state index in [-0.39, 0.29) is 25.6 Å². The van der Waals surface area contributed by atoms with Crippen molar-refractivity contribution in [1.82, 2.24) is 15.0 Å². The Morgan fingerprint density at radius 2 is 1.91 bits per heavy atom. The van der Waals surface area contributed by atoms with Crippen molar-refractivity contribution in [2.24, 2.45) is 0 Å². The van der Waals surface area contributed by atoms with Crippen LogP contribution in [-0.4, -0.2) is 54.0 Å². The Bertz CT molecular complexity index is 1080. The van der Waals surface area contributed by atoms with Crippen molar-refractivity contribution in [3.8, 4) is 17.0 Å². The first-order valence-electron chi connectivity index (χ1n) is 9.98. The minimum Gasteiger partial charge on any atom is -0.480 e. The molecule has 1 N–H and O–H groups in total. The molecule has 0 saturated carbocycles. The molecule has 0 radical (unpaired) electrons. The second-order valence-corrected chi connectivity index (χ2v) is 7.36. The van der Waals surface area contributed by atoms with Crippen molar-refractivity contribution in [3.05, 3.63) is 54.4 Å². The monoisotopic (exact) mass is 445 g/mol. The predicted molar refractivity (Wildman–Crippen MR) is 114 cm³/mol. The first-order chi connectivity index (χ1) is 15.3. The Kier molecular flexibility index (Phi) is 6.13. The molecule has 7 nitrogen and oxygen atoms in total. The van der Waals surface area contributed by atoms with Crippen LogP contribution in [0.3, 0.4) is 0 Å². The molecule has 1 aromatic carbocycles. The van der Waals surface area contributed by atoms with Gasteiger partial charge in [0.25, 0.3) is 0 Å². The number of halogens is 3. The second-order valence-electron chi connectivity index (χ2n) is 7.36. The molecule has 1 aliphatic rings. The summed E-state index contributed by atoms with van der Waals surface area (Å²) in [6, 6.07) is 11.5. The predicted octanol–water partition coefficient (Wildman–Crippen LogP) is 4.37. The van der Waals surface area contributed by atoms with Crippen LogP contribution in [0.5, 0.6) is 5.88 Å². The van der Waals surface area contributed by atoms with Gasteiger partial charge in [-0.3, -0.25) is 0 Å². The summed E-state index contributed by atoms with van der Waals surface area (Å²) in [7, 11) is 1.51. The first-order valence-corrected chi connectivity index (χ1v) is 9.98. The molecule has 2 aromatic heterocycles. The van der Waals surface area contributed by atoms with Gasteiger partial charge in [-0.1, -0.05) is 29.8 Å². The first kappa shape index (κ1) is 21.8. The number of pyridine rings is 1. The molecule has 4 rings (SSSR count). The fourth-order valence-electron chi connectivity index (χ4n) is 3.35.